The van der Waals surface area contributed by atoms with Gasteiger partial charge in [-0.1, -0.05) is 0 Å². The molecule has 2 heterocycles. The van der Waals surface area contributed by atoms with Gasteiger partial charge in [-0.25, -0.2) is 0 Å². The molecule has 0 aromatic carbocycles. The minimum absolute atomic E-state index is 0.0865. The van der Waals surface area contributed by atoms with Gasteiger partial charge in [0.25, 0.3) is 0 Å². The highest BCUT2D eigenvalue weighted by Crippen LogP contribution is 2.19. The summed E-state index contributed by atoms with van der Waals surface area (Å²) in [7, 11) is 0. The molecule has 0 spiro atoms. The molecule has 0 saturated carbocycles. The molecular weight excluding hydrogens is 166 g/mol. The summed E-state index contributed by atoms with van der Waals surface area (Å²) in [6.07, 6.45) is 4.34. The Morgan fingerprint density at radius 3 is 2.62 bits per heavy atom. The second-order valence-corrected chi connectivity index (χ2v) is 4.13. The van der Waals surface area contributed by atoms with Crippen LogP contribution in [0.3, 0.4) is 0 Å². The monoisotopic (exact) mass is 185 g/mol. The highest BCUT2D eigenvalue weighted by atomic mass is 16.5. The first-order valence-electron chi connectivity index (χ1n) is 5.36. The lowest BCUT2D eigenvalue weighted by molar-refractivity contribution is -0.00395. The van der Waals surface area contributed by atoms with E-state index in [0.717, 1.165) is 45.4 Å². The van der Waals surface area contributed by atoms with Crippen molar-refractivity contribution in [3.05, 3.63) is 0 Å². The highest BCUT2D eigenvalue weighted by Gasteiger charge is 2.25. The molecule has 13 heavy (non-hydrogen) atoms. The van der Waals surface area contributed by atoms with E-state index < -0.39 is 0 Å². The van der Waals surface area contributed by atoms with Gasteiger partial charge in [-0.05, 0) is 32.2 Å². The van der Waals surface area contributed by atoms with Crippen LogP contribution in [0, 0.1) is 0 Å². The lowest BCUT2D eigenvalue weighted by Crippen LogP contribution is -2.46. The third-order valence-corrected chi connectivity index (χ3v) is 3.14. The van der Waals surface area contributed by atoms with Crippen LogP contribution in [0.1, 0.15) is 25.7 Å². The maximum atomic E-state index is 9.54. The fraction of sp³-hybridized carbons (Fsp3) is 1.00. The van der Waals surface area contributed by atoms with Crippen LogP contribution in [-0.4, -0.2) is 48.5 Å². The van der Waals surface area contributed by atoms with Crippen molar-refractivity contribution in [3.8, 4) is 0 Å². The molecule has 2 aliphatic rings. The summed E-state index contributed by atoms with van der Waals surface area (Å²) in [6.45, 7) is 3.85. The van der Waals surface area contributed by atoms with Gasteiger partial charge < -0.3 is 9.84 Å². The number of aliphatic hydroxyl groups is 1. The number of hydrogen-bond donors (Lipinski definition) is 1. The summed E-state index contributed by atoms with van der Waals surface area (Å²) in [6, 6.07) is 0.670. The first kappa shape index (κ1) is 9.44. The summed E-state index contributed by atoms with van der Waals surface area (Å²) in [4.78, 5) is 2.44. The second kappa shape index (κ2) is 4.40. The van der Waals surface area contributed by atoms with Gasteiger partial charge >= 0.3 is 0 Å². The molecule has 2 rings (SSSR count). The lowest BCUT2D eigenvalue weighted by atomic mass is 10.0. The molecule has 76 valence electrons. The quantitative estimate of drug-likeness (QED) is 0.650. The number of likely N-dealkylation sites (tertiary alicyclic amines) is 1. The largest absolute Gasteiger partial charge is 0.392 e. The van der Waals surface area contributed by atoms with Gasteiger partial charge in [0.15, 0.2) is 0 Å². The van der Waals surface area contributed by atoms with Crippen LogP contribution in [-0.2, 0) is 4.74 Å². The third-order valence-electron chi connectivity index (χ3n) is 3.14. The number of aliphatic hydroxyl groups excluding tert-OH is 1. The molecule has 2 aliphatic heterocycles. The predicted octanol–water partition coefficient (Wildman–Crippen LogP) is 0.622. The van der Waals surface area contributed by atoms with Crippen molar-refractivity contribution in [2.75, 3.05) is 26.3 Å². The maximum absolute atomic E-state index is 9.54. The van der Waals surface area contributed by atoms with Crippen molar-refractivity contribution in [2.45, 2.75) is 37.8 Å². The smallest absolute Gasteiger partial charge is 0.0667 e. The number of nitrogens with zero attached hydrogens (tertiary/aromatic N) is 1. The van der Waals surface area contributed by atoms with Gasteiger partial charge in [-0.2, -0.15) is 0 Å². The van der Waals surface area contributed by atoms with Gasteiger partial charge in [0, 0.05) is 25.8 Å². The highest BCUT2D eigenvalue weighted by molar-refractivity contribution is 4.80. The average molecular weight is 185 g/mol. The predicted molar refractivity (Wildman–Crippen MR) is 50.7 cm³/mol. The Morgan fingerprint density at radius 2 is 1.92 bits per heavy atom. The maximum Gasteiger partial charge on any atom is 0.0667 e. The average Bonchev–Trinajstić information content (AvgIpc) is 2.19. The molecule has 2 saturated heterocycles. The third kappa shape index (κ3) is 2.42. The van der Waals surface area contributed by atoms with Crippen molar-refractivity contribution in [3.63, 3.8) is 0 Å². The number of β-amino-alcohol motifs (C(OH)–C–C–N with tert-alkyl or cyclic N) is 1. The topological polar surface area (TPSA) is 32.7 Å². The molecule has 3 heteroatoms. The Morgan fingerprint density at radius 1 is 1.15 bits per heavy atom. The second-order valence-electron chi connectivity index (χ2n) is 4.13. The summed E-state index contributed by atoms with van der Waals surface area (Å²) >= 11 is 0. The van der Waals surface area contributed by atoms with Crippen molar-refractivity contribution in [1.82, 2.24) is 4.90 Å². The molecule has 0 bridgehead atoms. The molecule has 3 nitrogen and oxygen atoms in total. The van der Waals surface area contributed by atoms with Gasteiger partial charge in [0.2, 0.25) is 0 Å². The van der Waals surface area contributed by atoms with E-state index in [9.17, 15) is 5.11 Å². The molecule has 1 atom stereocenters. The molecular formula is C10H19NO2. The number of ether oxygens (including phenoxy) is 1. The van der Waals surface area contributed by atoms with E-state index in [4.69, 9.17) is 4.74 Å². The standard InChI is InChI=1S/C10H19NO2/c12-10-2-1-5-11(8-10)9-3-6-13-7-4-9/h9-10,12H,1-8H2. The van der Waals surface area contributed by atoms with E-state index in [2.05, 4.69) is 4.90 Å². The Kier molecular flexibility index (Phi) is 3.19. The summed E-state index contributed by atoms with van der Waals surface area (Å²) < 4.78 is 5.33. The molecule has 1 N–H and O–H groups in total. The Labute approximate surface area is 79.7 Å². The van der Waals surface area contributed by atoms with Gasteiger partial charge in [0.1, 0.15) is 0 Å². The summed E-state index contributed by atoms with van der Waals surface area (Å²) in [5, 5.41) is 9.54. The molecule has 0 radical (unpaired) electrons. The zero-order chi connectivity index (χ0) is 9.10. The Balaban J connectivity index is 1.83. The fourth-order valence-electron chi connectivity index (χ4n) is 2.37. The minimum atomic E-state index is -0.0865. The van der Waals surface area contributed by atoms with Crippen molar-refractivity contribution in [2.24, 2.45) is 0 Å². The van der Waals surface area contributed by atoms with E-state index in [0.29, 0.717) is 6.04 Å². The van der Waals surface area contributed by atoms with Gasteiger partial charge in [-0.3, -0.25) is 4.90 Å². The van der Waals surface area contributed by atoms with Gasteiger partial charge in [-0.15, -0.1) is 0 Å². The van der Waals surface area contributed by atoms with E-state index in [1.54, 1.807) is 0 Å². The SMILES string of the molecule is OC1CCCN(C2CCOCC2)C1. The molecule has 0 aromatic heterocycles. The van der Waals surface area contributed by atoms with E-state index in [1.165, 1.54) is 6.54 Å². The number of rotatable bonds is 1. The number of hydrogen-bond acceptors (Lipinski definition) is 3. The summed E-state index contributed by atoms with van der Waals surface area (Å²) in [5.74, 6) is 0. The van der Waals surface area contributed by atoms with Crippen LogP contribution in [0.15, 0.2) is 0 Å². The first-order chi connectivity index (χ1) is 6.36. The van der Waals surface area contributed by atoms with Crippen molar-refractivity contribution in [1.29, 1.82) is 0 Å². The minimum Gasteiger partial charge on any atom is -0.392 e. The molecule has 0 aromatic rings. The molecule has 0 amide bonds. The van der Waals surface area contributed by atoms with Crippen LogP contribution >= 0.6 is 0 Å². The Hall–Kier alpha value is -0.120. The van der Waals surface area contributed by atoms with Crippen molar-refractivity contribution < 1.29 is 9.84 Å². The van der Waals surface area contributed by atoms with Crippen LogP contribution in [0.25, 0.3) is 0 Å². The zero-order valence-electron chi connectivity index (χ0n) is 8.11. The lowest BCUT2D eigenvalue weighted by Gasteiger charge is -2.38. The van der Waals surface area contributed by atoms with Crippen LogP contribution in [0.4, 0.5) is 0 Å². The molecule has 1 unspecified atom stereocenters. The van der Waals surface area contributed by atoms with E-state index in [1.807, 2.05) is 0 Å². The van der Waals surface area contributed by atoms with Crippen LogP contribution in [0.2, 0.25) is 0 Å². The van der Waals surface area contributed by atoms with Crippen LogP contribution < -0.4 is 0 Å². The first-order valence-corrected chi connectivity index (χ1v) is 5.36. The van der Waals surface area contributed by atoms with Gasteiger partial charge in [0.05, 0.1) is 6.10 Å². The zero-order valence-corrected chi connectivity index (χ0v) is 8.11. The van der Waals surface area contributed by atoms with E-state index in [-0.39, 0.29) is 6.10 Å². The molecule has 0 aliphatic carbocycles. The fourth-order valence-corrected chi connectivity index (χ4v) is 2.37. The molecule has 2 fully saturated rings. The van der Waals surface area contributed by atoms with Crippen LogP contribution in [0.5, 0.6) is 0 Å². The number of piperidine rings is 1. The normalized spacial score (nSPS) is 33.5. The Bertz CT molecular complexity index is 157. The summed E-state index contributed by atoms with van der Waals surface area (Å²) in [5.41, 5.74) is 0. The van der Waals surface area contributed by atoms with Crippen molar-refractivity contribution >= 4 is 0 Å². The van der Waals surface area contributed by atoms with E-state index >= 15 is 0 Å².